The molecule has 0 saturated carbocycles. The van der Waals surface area contributed by atoms with Gasteiger partial charge in [-0.25, -0.2) is 0 Å². The van der Waals surface area contributed by atoms with Gasteiger partial charge in [-0.05, 0) is 36.2 Å². The van der Waals surface area contributed by atoms with Crippen LogP contribution in [0.2, 0.25) is 5.02 Å². The van der Waals surface area contributed by atoms with Crippen LogP contribution in [0.5, 0.6) is 0 Å². The van der Waals surface area contributed by atoms with Gasteiger partial charge in [0.1, 0.15) is 0 Å². The zero-order valence-electron chi connectivity index (χ0n) is 11.7. The van der Waals surface area contributed by atoms with Crippen molar-refractivity contribution in [3.05, 3.63) is 71.3 Å². The summed E-state index contributed by atoms with van der Waals surface area (Å²) in [4.78, 5) is 2.54. The average Bonchev–Trinajstić information content (AvgIpc) is 2.49. The highest BCUT2D eigenvalue weighted by Gasteiger charge is 2.04. The molecule has 0 radical (unpaired) electrons. The maximum Gasteiger partial charge on any atom is 0.0406 e. The van der Waals surface area contributed by atoms with Crippen molar-refractivity contribution in [2.24, 2.45) is 0 Å². The summed E-state index contributed by atoms with van der Waals surface area (Å²) in [6.45, 7) is 2.22. The molecule has 104 valence electrons. The van der Waals surface area contributed by atoms with Gasteiger partial charge in [0.05, 0.1) is 0 Å². The summed E-state index contributed by atoms with van der Waals surface area (Å²) in [5, 5.41) is 0.783. The first-order valence-electron chi connectivity index (χ1n) is 6.98. The third-order valence-electron chi connectivity index (χ3n) is 2.99. The molecule has 0 aromatic heterocycles. The molecular weight excluding hydrogens is 284 g/mol. The third kappa shape index (κ3) is 4.73. The van der Waals surface area contributed by atoms with Crippen LogP contribution in [0.4, 0.5) is 0 Å². The van der Waals surface area contributed by atoms with E-state index < -0.39 is 0 Å². The summed E-state index contributed by atoms with van der Waals surface area (Å²) in [6.07, 6.45) is 5.93. The number of allylic oxidation sites excluding steroid dienone is 1. The van der Waals surface area contributed by atoms with E-state index in [0.29, 0.717) is 0 Å². The molecule has 2 heteroatoms. The van der Waals surface area contributed by atoms with Gasteiger partial charge in [0.25, 0.3) is 0 Å². The van der Waals surface area contributed by atoms with Crippen LogP contribution in [0.1, 0.15) is 31.7 Å². The van der Waals surface area contributed by atoms with E-state index in [2.05, 4.69) is 55.5 Å². The SMILES string of the molecule is CCCC/C=C(\Sc1ccc(Cl)cc1)c1ccccc1. The monoisotopic (exact) mass is 302 g/mol. The van der Waals surface area contributed by atoms with Gasteiger partial charge in [-0.2, -0.15) is 0 Å². The first-order chi connectivity index (χ1) is 9.79. The quantitative estimate of drug-likeness (QED) is 0.424. The van der Waals surface area contributed by atoms with E-state index in [9.17, 15) is 0 Å². The Kier molecular flexibility index (Phi) is 6.23. The normalized spacial score (nSPS) is 11.6. The fourth-order valence-electron chi connectivity index (χ4n) is 1.89. The number of unbranched alkanes of at least 4 members (excludes halogenated alkanes) is 2. The lowest BCUT2D eigenvalue weighted by atomic mass is 10.1. The van der Waals surface area contributed by atoms with Crippen LogP contribution in [0, 0.1) is 0 Å². The fourth-order valence-corrected chi connectivity index (χ4v) is 2.99. The molecule has 0 bridgehead atoms. The predicted octanol–water partition coefficient (Wildman–Crippen LogP) is 6.66. The molecule has 2 aromatic carbocycles. The molecule has 0 amide bonds. The van der Waals surface area contributed by atoms with Gasteiger partial charge in [0.15, 0.2) is 0 Å². The van der Waals surface area contributed by atoms with E-state index >= 15 is 0 Å². The molecule has 0 heterocycles. The molecule has 0 nitrogen and oxygen atoms in total. The van der Waals surface area contributed by atoms with Gasteiger partial charge >= 0.3 is 0 Å². The summed E-state index contributed by atoms with van der Waals surface area (Å²) in [5.41, 5.74) is 1.28. The minimum atomic E-state index is 0.783. The van der Waals surface area contributed by atoms with Crippen molar-refractivity contribution in [3.8, 4) is 0 Å². The second-order valence-corrected chi connectivity index (χ2v) is 6.18. The molecule has 2 rings (SSSR count). The second kappa shape index (κ2) is 8.18. The molecular formula is C18H19ClS. The predicted molar refractivity (Wildman–Crippen MR) is 91.3 cm³/mol. The van der Waals surface area contributed by atoms with E-state index in [4.69, 9.17) is 11.6 Å². The lowest BCUT2D eigenvalue weighted by Crippen LogP contribution is -1.81. The minimum Gasteiger partial charge on any atom is -0.0898 e. The van der Waals surface area contributed by atoms with Crippen molar-refractivity contribution in [1.82, 2.24) is 0 Å². The van der Waals surface area contributed by atoms with E-state index in [1.54, 1.807) is 11.8 Å². The molecule has 0 fully saturated rings. The molecule has 0 atom stereocenters. The lowest BCUT2D eigenvalue weighted by Gasteiger charge is -2.08. The fraction of sp³-hybridized carbons (Fsp3) is 0.222. The number of benzene rings is 2. The molecule has 0 N–H and O–H groups in total. The smallest absolute Gasteiger partial charge is 0.0406 e. The Morgan fingerprint density at radius 1 is 1.05 bits per heavy atom. The molecule has 0 aliphatic carbocycles. The van der Waals surface area contributed by atoms with Gasteiger partial charge in [0, 0.05) is 14.8 Å². The number of hydrogen-bond donors (Lipinski definition) is 0. The molecule has 0 aliphatic heterocycles. The van der Waals surface area contributed by atoms with E-state index in [0.717, 1.165) is 11.4 Å². The van der Waals surface area contributed by atoms with Crippen LogP contribution in [0.25, 0.3) is 4.91 Å². The highest BCUT2D eigenvalue weighted by atomic mass is 35.5. The summed E-state index contributed by atoms with van der Waals surface area (Å²) in [7, 11) is 0. The average molecular weight is 303 g/mol. The van der Waals surface area contributed by atoms with E-state index in [1.165, 1.54) is 28.2 Å². The summed E-state index contributed by atoms with van der Waals surface area (Å²) >= 11 is 7.75. The summed E-state index contributed by atoms with van der Waals surface area (Å²) in [5.74, 6) is 0. The minimum absolute atomic E-state index is 0.783. The van der Waals surface area contributed by atoms with Crippen LogP contribution < -0.4 is 0 Å². The highest BCUT2D eigenvalue weighted by molar-refractivity contribution is 8.08. The summed E-state index contributed by atoms with van der Waals surface area (Å²) < 4.78 is 0. The van der Waals surface area contributed by atoms with Gasteiger partial charge in [-0.3, -0.25) is 0 Å². The standard InChI is InChI=1S/C18H19ClS/c1-2-3-5-10-18(15-8-6-4-7-9-15)20-17-13-11-16(19)12-14-17/h4,6-14H,2-3,5H2,1H3/b18-10-. The molecule has 0 spiro atoms. The molecule has 0 saturated heterocycles. The Morgan fingerprint density at radius 2 is 1.75 bits per heavy atom. The zero-order chi connectivity index (χ0) is 14.2. The molecule has 0 unspecified atom stereocenters. The number of halogens is 1. The number of hydrogen-bond acceptors (Lipinski definition) is 1. The van der Waals surface area contributed by atoms with Crippen molar-refractivity contribution in [2.45, 2.75) is 31.1 Å². The van der Waals surface area contributed by atoms with Crippen LogP contribution in [-0.2, 0) is 0 Å². The van der Waals surface area contributed by atoms with Crippen LogP contribution in [0.15, 0.2) is 65.6 Å². The maximum atomic E-state index is 5.94. The summed E-state index contributed by atoms with van der Waals surface area (Å²) in [6, 6.07) is 18.6. The maximum absolute atomic E-state index is 5.94. The van der Waals surface area contributed by atoms with Crippen LogP contribution in [0.3, 0.4) is 0 Å². The van der Waals surface area contributed by atoms with Crippen molar-refractivity contribution in [3.63, 3.8) is 0 Å². The second-order valence-electron chi connectivity index (χ2n) is 4.63. The highest BCUT2D eigenvalue weighted by Crippen LogP contribution is 2.35. The van der Waals surface area contributed by atoms with Gasteiger partial charge < -0.3 is 0 Å². The van der Waals surface area contributed by atoms with Crippen molar-refractivity contribution >= 4 is 28.3 Å². The largest absolute Gasteiger partial charge is 0.0898 e. The van der Waals surface area contributed by atoms with Gasteiger partial charge in [0.2, 0.25) is 0 Å². The first kappa shape index (κ1) is 15.2. The topological polar surface area (TPSA) is 0 Å². The van der Waals surface area contributed by atoms with Crippen molar-refractivity contribution in [2.75, 3.05) is 0 Å². The van der Waals surface area contributed by atoms with Crippen molar-refractivity contribution in [1.29, 1.82) is 0 Å². The first-order valence-corrected chi connectivity index (χ1v) is 8.18. The Hall–Kier alpha value is -1.18. The van der Waals surface area contributed by atoms with Crippen LogP contribution >= 0.6 is 23.4 Å². The van der Waals surface area contributed by atoms with Gasteiger partial charge in [-0.15, -0.1) is 0 Å². The third-order valence-corrected chi connectivity index (χ3v) is 4.37. The van der Waals surface area contributed by atoms with Gasteiger partial charge in [-0.1, -0.05) is 79.5 Å². The number of rotatable bonds is 6. The van der Waals surface area contributed by atoms with E-state index in [1.807, 2.05) is 12.1 Å². The number of thioether (sulfide) groups is 1. The lowest BCUT2D eigenvalue weighted by molar-refractivity contribution is 0.816. The van der Waals surface area contributed by atoms with E-state index in [-0.39, 0.29) is 0 Å². The Bertz CT molecular complexity index is 543. The Balaban J connectivity index is 2.18. The zero-order valence-corrected chi connectivity index (χ0v) is 13.3. The molecule has 0 aliphatic rings. The Morgan fingerprint density at radius 3 is 2.40 bits per heavy atom. The van der Waals surface area contributed by atoms with Crippen molar-refractivity contribution < 1.29 is 0 Å². The molecule has 20 heavy (non-hydrogen) atoms. The van der Waals surface area contributed by atoms with Crippen LogP contribution in [-0.4, -0.2) is 0 Å². The Labute approximate surface area is 130 Å². The molecule has 2 aromatic rings.